The van der Waals surface area contributed by atoms with Crippen LogP contribution in [0, 0.1) is 0 Å². The van der Waals surface area contributed by atoms with E-state index >= 15 is 0 Å². The van der Waals surface area contributed by atoms with Crippen molar-refractivity contribution in [1.82, 2.24) is 0 Å². The summed E-state index contributed by atoms with van der Waals surface area (Å²) in [6.07, 6.45) is -0.356. The first-order chi connectivity index (χ1) is 8.43. The molecule has 0 aliphatic rings. The minimum Gasteiger partial charge on any atom is -0.480 e. The molecule has 18 heavy (non-hydrogen) atoms. The fourth-order valence-electron chi connectivity index (χ4n) is 1.06. The van der Waals surface area contributed by atoms with Crippen molar-refractivity contribution in [3.63, 3.8) is 0 Å². The number of ether oxygens (including phenoxy) is 2. The Kier molecular flexibility index (Phi) is 6.02. The van der Waals surface area contributed by atoms with Gasteiger partial charge in [0, 0.05) is 12.6 Å². The molecule has 0 heterocycles. The molecular formula is C11H12Cl3NO3. The van der Waals surface area contributed by atoms with Crippen LogP contribution in [0.4, 0.5) is 0 Å². The number of carbonyl (C=O) groups excluding carboxylic acids is 1. The summed E-state index contributed by atoms with van der Waals surface area (Å²) in [6, 6.07) is 2.88. The molecule has 0 amide bonds. The molecule has 0 aliphatic heterocycles. The van der Waals surface area contributed by atoms with Gasteiger partial charge in [0.2, 0.25) is 0 Å². The molecule has 0 fully saturated rings. The summed E-state index contributed by atoms with van der Waals surface area (Å²) in [6.45, 7) is 1.66. The van der Waals surface area contributed by atoms with Crippen molar-refractivity contribution in [1.29, 1.82) is 0 Å². The number of benzene rings is 1. The lowest BCUT2D eigenvalue weighted by atomic mass is 10.3. The molecule has 0 bridgehead atoms. The van der Waals surface area contributed by atoms with Gasteiger partial charge in [-0.15, -0.1) is 0 Å². The van der Waals surface area contributed by atoms with E-state index in [1.54, 1.807) is 6.92 Å². The third-order valence-electron chi connectivity index (χ3n) is 1.98. The molecule has 1 rings (SSSR count). The van der Waals surface area contributed by atoms with Crippen LogP contribution in [-0.2, 0) is 9.53 Å². The van der Waals surface area contributed by atoms with Crippen molar-refractivity contribution < 1.29 is 14.3 Å². The Hall–Kier alpha value is -0.680. The molecule has 1 atom stereocenters. The largest absolute Gasteiger partial charge is 0.480 e. The zero-order valence-corrected chi connectivity index (χ0v) is 11.9. The number of rotatable bonds is 5. The molecule has 0 saturated carbocycles. The average molecular weight is 313 g/mol. The van der Waals surface area contributed by atoms with E-state index < -0.39 is 5.97 Å². The van der Waals surface area contributed by atoms with Crippen LogP contribution in [-0.4, -0.2) is 25.2 Å². The molecule has 0 radical (unpaired) electrons. The van der Waals surface area contributed by atoms with Crippen LogP contribution in [0.25, 0.3) is 0 Å². The molecule has 0 spiro atoms. The molecular weight excluding hydrogens is 300 g/mol. The van der Waals surface area contributed by atoms with E-state index in [2.05, 4.69) is 0 Å². The maximum Gasteiger partial charge on any atom is 0.344 e. The van der Waals surface area contributed by atoms with E-state index in [4.69, 9.17) is 50.0 Å². The van der Waals surface area contributed by atoms with Crippen LogP contribution in [0.1, 0.15) is 6.92 Å². The summed E-state index contributed by atoms with van der Waals surface area (Å²) in [5.74, 6) is -0.265. The second-order valence-electron chi connectivity index (χ2n) is 3.52. The molecule has 7 heteroatoms. The zero-order valence-electron chi connectivity index (χ0n) is 9.58. The Balaban J connectivity index is 2.58. The maximum absolute atomic E-state index is 11.3. The van der Waals surface area contributed by atoms with Gasteiger partial charge >= 0.3 is 5.97 Å². The number of halogens is 3. The average Bonchev–Trinajstić information content (AvgIpc) is 2.32. The van der Waals surface area contributed by atoms with Gasteiger partial charge in [-0.05, 0) is 13.0 Å². The highest BCUT2D eigenvalue weighted by Gasteiger charge is 2.12. The van der Waals surface area contributed by atoms with Crippen molar-refractivity contribution in [2.24, 2.45) is 5.73 Å². The van der Waals surface area contributed by atoms with Crippen molar-refractivity contribution in [2.45, 2.75) is 13.0 Å². The predicted octanol–water partition coefficient (Wildman–Crippen LogP) is 2.92. The standard InChI is InChI=1S/C11H12Cl3NO3/c1-6(4-15)18-11(16)5-17-10-3-8(13)7(12)2-9(10)14/h2-3,6H,4-5,15H2,1H3. The van der Waals surface area contributed by atoms with E-state index in [1.807, 2.05) is 0 Å². The number of hydrogen-bond acceptors (Lipinski definition) is 4. The van der Waals surface area contributed by atoms with Crippen molar-refractivity contribution in [2.75, 3.05) is 13.2 Å². The van der Waals surface area contributed by atoms with Crippen LogP contribution in [0.3, 0.4) is 0 Å². The second kappa shape index (κ2) is 7.04. The normalized spacial score (nSPS) is 12.1. The predicted molar refractivity (Wildman–Crippen MR) is 71.6 cm³/mol. The molecule has 0 saturated heterocycles. The molecule has 0 aliphatic carbocycles. The summed E-state index contributed by atoms with van der Waals surface area (Å²) in [7, 11) is 0. The number of esters is 1. The first kappa shape index (κ1) is 15.4. The molecule has 100 valence electrons. The van der Waals surface area contributed by atoms with E-state index in [-0.39, 0.29) is 30.0 Å². The summed E-state index contributed by atoms with van der Waals surface area (Å²) in [5.41, 5.74) is 5.32. The van der Waals surface area contributed by atoms with Crippen molar-refractivity contribution in [3.8, 4) is 5.75 Å². The maximum atomic E-state index is 11.3. The van der Waals surface area contributed by atoms with E-state index in [9.17, 15) is 4.79 Å². The Bertz CT molecular complexity index is 440. The Morgan fingerprint density at radius 1 is 1.28 bits per heavy atom. The highest BCUT2D eigenvalue weighted by molar-refractivity contribution is 6.43. The highest BCUT2D eigenvalue weighted by atomic mass is 35.5. The van der Waals surface area contributed by atoms with Gasteiger partial charge in [-0.2, -0.15) is 0 Å². The molecule has 1 unspecified atom stereocenters. The minimum absolute atomic E-state index is 0.249. The number of hydrogen-bond donors (Lipinski definition) is 1. The summed E-state index contributed by atoms with van der Waals surface area (Å²) >= 11 is 17.4. The van der Waals surface area contributed by atoms with Crippen LogP contribution in [0.15, 0.2) is 12.1 Å². The van der Waals surface area contributed by atoms with Crippen LogP contribution in [0.5, 0.6) is 5.75 Å². The second-order valence-corrected chi connectivity index (χ2v) is 4.74. The van der Waals surface area contributed by atoms with Gasteiger partial charge in [0.05, 0.1) is 15.1 Å². The van der Waals surface area contributed by atoms with Gasteiger partial charge < -0.3 is 15.2 Å². The third-order valence-corrected chi connectivity index (χ3v) is 3.00. The van der Waals surface area contributed by atoms with Gasteiger partial charge in [0.15, 0.2) is 6.61 Å². The Morgan fingerprint density at radius 2 is 1.89 bits per heavy atom. The van der Waals surface area contributed by atoms with Gasteiger partial charge in [-0.1, -0.05) is 34.8 Å². The Morgan fingerprint density at radius 3 is 2.50 bits per heavy atom. The lowest BCUT2D eigenvalue weighted by Gasteiger charge is -2.12. The molecule has 1 aromatic carbocycles. The minimum atomic E-state index is -0.532. The monoisotopic (exact) mass is 311 g/mol. The summed E-state index contributed by atoms with van der Waals surface area (Å²) in [5, 5.41) is 0.872. The fraction of sp³-hybridized carbons (Fsp3) is 0.364. The van der Waals surface area contributed by atoms with Crippen molar-refractivity contribution in [3.05, 3.63) is 27.2 Å². The van der Waals surface area contributed by atoms with Crippen molar-refractivity contribution >= 4 is 40.8 Å². The van der Waals surface area contributed by atoms with E-state index in [0.29, 0.717) is 10.0 Å². The lowest BCUT2D eigenvalue weighted by molar-refractivity contribution is -0.150. The lowest BCUT2D eigenvalue weighted by Crippen LogP contribution is -2.26. The van der Waals surface area contributed by atoms with Gasteiger partial charge in [-0.25, -0.2) is 4.79 Å². The number of carbonyl (C=O) groups is 1. The smallest absolute Gasteiger partial charge is 0.344 e. The molecule has 4 nitrogen and oxygen atoms in total. The van der Waals surface area contributed by atoms with Gasteiger partial charge in [-0.3, -0.25) is 0 Å². The third kappa shape index (κ3) is 4.53. The van der Waals surface area contributed by atoms with Gasteiger partial charge in [0.1, 0.15) is 11.9 Å². The van der Waals surface area contributed by atoms with Gasteiger partial charge in [0.25, 0.3) is 0 Å². The number of nitrogens with two attached hydrogens (primary N) is 1. The molecule has 2 N–H and O–H groups in total. The van der Waals surface area contributed by atoms with Crippen LogP contribution in [0.2, 0.25) is 15.1 Å². The first-order valence-corrected chi connectivity index (χ1v) is 6.24. The molecule has 1 aromatic rings. The topological polar surface area (TPSA) is 61.5 Å². The Labute approximate surface area is 120 Å². The SMILES string of the molecule is CC(CN)OC(=O)COc1cc(Cl)c(Cl)cc1Cl. The van der Waals surface area contributed by atoms with Crippen LogP contribution < -0.4 is 10.5 Å². The zero-order chi connectivity index (χ0) is 13.7. The quantitative estimate of drug-likeness (QED) is 0.671. The van der Waals surface area contributed by atoms with E-state index in [0.717, 1.165) is 0 Å². The fourth-order valence-corrected chi connectivity index (χ4v) is 1.65. The molecule has 0 aromatic heterocycles. The first-order valence-electron chi connectivity index (χ1n) is 5.11. The highest BCUT2D eigenvalue weighted by Crippen LogP contribution is 2.33. The summed E-state index contributed by atoms with van der Waals surface area (Å²) in [4.78, 5) is 11.3. The van der Waals surface area contributed by atoms with E-state index in [1.165, 1.54) is 12.1 Å². The summed E-state index contributed by atoms with van der Waals surface area (Å²) < 4.78 is 10.1. The van der Waals surface area contributed by atoms with Crippen LogP contribution >= 0.6 is 34.8 Å².